The number of nitrogens with zero attached hydrogens (tertiary/aromatic N) is 1. The number of allylic oxidation sites excluding steroid dienone is 14. The predicted molar refractivity (Wildman–Crippen MR) is 360 cm³/mol. The first-order valence-electron chi connectivity index (χ1n) is 35.3. The molecule has 0 rings (SSSR count). The lowest BCUT2D eigenvalue weighted by molar-refractivity contribution is -0.870. The third-order valence-corrected chi connectivity index (χ3v) is 16.4. The monoisotopic (exact) mass is 1200 g/mol. The van der Waals surface area contributed by atoms with Crippen LogP contribution in [0.5, 0.6) is 0 Å². The van der Waals surface area contributed by atoms with E-state index in [0.717, 1.165) is 83.5 Å². The minimum absolute atomic E-state index is 0.0339. The van der Waals surface area contributed by atoms with Gasteiger partial charge in [0.15, 0.2) is 6.10 Å². The van der Waals surface area contributed by atoms with E-state index in [1.165, 1.54) is 199 Å². The minimum Gasteiger partial charge on any atom is -0.756 e. The first kappa shape index (κ1) is 81.2. The molecule has 0 aliphatic heterocycles. The number of hydrogen-bond donors (Lipinski definition) is 0. The van der Waals surface area contributed by atoms with E-state index in [4.69, 9.17) is 18.5 Å². The summed E-state index contributed by atoms with van der Waals surface area (Å²) in [4.78, 5) is 38.0. The predicted octanol–water partition coefficient (Wildman–Crippen LogP) is 22.3. The van der Waals surface area contributed by atoms with Crippen LogP contribution >= 0.6 is 7.82 Å². The fraction of sp³-hybridized carbons (Fsp3) is 0.784. The summed E-state index contributed by atoms with van der Waals surface area (Å²) in [6, 6.07) is 0. The SMILES string of the molecule is CC/C=C\C/C=C\C/C=C\C/C=C\CCCCCCCCCCCCCCCCCCCCCCCCCCCCC(=O)OC(COC(=O)CCCCCCCC/C=C\C/C=C\C/C=C\CCCCCCC)COP(=O)([O-])OCC[N+](C)(C)C. The lowest BCUT2D eigenvalue weighted by Gasteiger charge is -2.28. The van der Waals surface area contributed by atoms with E-state index in [-0.39, 0.29) is 26.1 Å². The first-order valence-corrected chi connectivity index (χ1v) is 36.8. The van der Waals surface area contributed by atoms with Crippen LogP contribution in [0.25, 0.3) is 0 Å². The molecule has 0 saturated carbocycles. The Kier molecular flexibility index (Phi) is 62.5. The van der Waals surface area contributed by atoms with Crippen LogP contribution in [0, 0.1) is 0 Å². The Labute approximate surface area is 520 Å². The lowest BCUT2D eigenvalue weighted by Crippen LogP contribution is -2.37. The number of ether oxygens (including phenoxy) is 2. The summed E-state index contributed by atoms with van der Waals surface area (Å²) in [5, 5.41) is 0. The Morgan fingerprint density at radius 1 is 0.381 bits per heavy atom. The summed E-state index contributed by atoms with van der Waals surface area (Å²) in [5.74, 6) is -0.837. The molecule has 0 N–H and O–H groups in total. The van der Waals surface area contributed by atoms with E-state index >= 15 is 0 Å². The summed E-state index contributed by atoms with van der Waals surface area (Å²) in [7, 11) is 1.16. The Morgan fingerprint density at radius 3 is 1.01 bits per heavy atom. The van der Waals surface area contributed by atoms with Gasteiger partial charge < -0.3 is 27.9 Å². The Morgan fingerprint density at radius 2 is 0.679 bits per heavy atom. The fourth-order valence-electron chi connectivity index (χ4n) is 10.0. The van der Waals surface area contributed by atoms with Crippen molar-refractivity contribution in [3.05, 3.63) is 85.1 Å². The molecule has 0 aliphatic carbocycles. The van der Waals surface area contributed by atoms with Crippen LogP contribution in [0.2, 0.25) is 0 Å². The Hall–Kier alpha value is -2.81. The molecule has 488 valence electrons. The molecule has 0 fully saturated rings. The minimum atomic E-state index is -4.65. The van der Waals surface area contributed by atoms with Gasteiger partial charge in [0, 0.05) is 12.8 Å². The molecule has 2 atom stereocenters. The van der Waals surface area contributed by atoms with Crippen LogP contribution < -0.4 is 4.89 Å². The average Bonchev–Trinajstić information content (AvgIpc) is 3.61. The lowest BCUT2D eigenvalue weighted by atomic mass is 10.0. The molecule has 0 aromatic carbocycles. The molecule has 0 saturated heterocycles. The van der Waals surface area contributed by atoms with Crippen molar-refractivity contribution in [2.75, 3.05) is 47.5 Å². The maximum atomic E-state index is 12.9. The van der Waals surface area contributed by atoms with Gasteiger partial charge in [0.05, 0.1) is 27.7 Å². The van der Waals surface area contributed by atoms with E-state index in [0.29, 0.717) is 23.9 Å². The van der Waals surface area contributed by atoms with Gasteiger partial charge in [-0.25, -0.2) is 0 Å². The van der Waals surface area contributed by atoms with E-state index in [2.05, 4.69) is 98.9 Å². The van der Waals surface area contributed by atoms with Crippen molar-refractivity contribution in [1.82, 2.24) is 0 Å². The molecular weight excluding hydrogens is 1060 g/mol. The molecule has 0 amide bonds. The Balaban J connectivity index is 3.96. The number of likely N-dealkylation sites (N-methyl/N-ethyl adjacent to an activating group) is 1. The number of quaternary nitrogens is 1. The second kappa shape index (κ2) is 64.7. The smallest absolute Gasteiger partial charge is 0.306 e. The molecular formula is C74H134NO8P. The molecule has 84 heavy (non-hydrogen) atoms. The maximum Gasteiger partial charge on any atom is 0.306 e. The molecule has 0 aliphatic rings. The first-order chi connectivity index (χ1) is 41.0. The van der Waals surface area contributed by atoms with Gasteiger partial charge in [-0.3, -0.25) is 14.2 Å². The molecule has 0 aromatic heterocycles. The highest BCUT2D eigenvalue weighted by atomic mass is 31.2. The molecule has 0 bridgehead atoms. The maximum absolute atomic E-state index is 12.9. The summed E-state index contributed by atoms with van der Waals surface area (Å²) in [6.45, 7) is 4.14. The topological polar surface area (TPSA) is 111 Å². The van der Waals surface area contributed by atoms with Crippen molar-refractivity contribution < 1.29 is 42.1 Å². The molecule has 0 spiro atoms. The van der Waals surface area contributed by atoms with Gasteiger partial charge in [0.1, 0.15) is 19.8 Å². The Bertz CT molecular complexity index is 1690. The molecule has 9 nitrogen and oxygen atoms in total. The van der Waals surface area contributed by atoms with Crippen LogP contribution in [0.3, 0.4) is 0 Å². The number of phosphoric acid groups is 1. The van der Waals surface area contributed by atoms with Crippen LogP contribution in [0.4, 0.5) is 0 Å². The van der Waals surface area contributed by atoms with Crippen LogP contribution in [0.1, 0.15) is 322 Å². The van der Waals surface area contributed by atoms with Gasteiger partial charge in [-0.1, -0.05) is 304 Å². The van der Waals surface area contributed by atoms with Crippen LogP contribution in [-0.2, 0) is 32.7 Å². The summed E-state index contributed by atoms with van der Waals surface area (Å²) in [5.41, 5.74) is 0. The summed E-state index contributed by atoms with van der Waals surface area (Å²) in [6.07, 6.45) is 88.2. The number of carbonyl (C=O) groups is 2. The molecule has 0 heterocycles. The van der Waals surface area contributed by atoms with Crippen molar-refractivity contribution in [2.24, 2.45) is 0 Å². The van der Waals surface area contributed by atoms with Crippen LogP contribution in [-0.4, -0.2) is 70.0 Å². The molecule has 0 aromatic rings. The highest BCUT2D eigenvalue weighted by Gasteiger charge is 2.22. The van der Waals surface area contributed by atoms with E-state index in [1.807, 2.05) is 21.1 Å². The van der Waals surface area contributed by atoms with E-state index < -0.39 is 32.5 Å². The van der Waals surface area contributed by atoms with Gasteiger partial charge in [-0.05, 0) is 89.9 Å². The number of esters is 2. The van der Waals surface area contributed by atoms with Crippen molar-refractivity contribution in [1.29, 1.82) is 0 Å². The zero-order chi connectivity index (χ0) is 61.2. The zero-order valence-electron chi connectivity index (χ0n) is 55.6. The number of hydrogen-bond acceptors (Lipinski definition) is 8. The van der Waals surface area contributed by atoms with Crippen molar-refractivity contribution in [3.8, 4) is 0 Å². The van der Waals surface area contributed by atoms with Crippen LogP contribution in [0.15, 0.2) is 85.1 Å². The van der Waals surface area contributed by atoms with E-state index in [1.54, 1.807) is 0 Å². The molecule has 10 heteroatoms. The van der Waals surface area contributed by atoms with Gasteiger partial charge in [-0.2, -0.15) is 0 Å². The average molecular weight is 1200 g/mol. The van der Waals surface area contributed by atoms with E-state index in [9.17, 15) is 19.0 Å². The zero-order valence-corrected chi connectivity index (χ0v) is 56.5. The van der Waals surface area contributed by atoms with Gasteiger partial charge in [0.2, 0.25) is 0 Å². The third kappa shape index (κ3) is 68.3. The number of carbonyl (C=O) groups excluding carboxylic acids is 2. The highest BCUT2D eigenvalue weighted by Crippen LogP contribution is 2.38. The molecule has 2 unspecified atom stereocenters. The third-order valence-electron chi connectivity index (χ3n) is 15.4. The van der Waals surface area contributed by atoms with Gasteiger partial charge in [-0.15, -0.1) is 0 Å². The van der Waals surface area contributed by atoms with Crippen molar-refractivity contribution in [3.63, 3.8) is 0 Å². The van der Waals surface area contributed by atoms with Gasteiger partial charge >= 0.3 is 11.9 Å². The number of phosphoric ester groups is 1. The number of unbranched alkanes of at least 4 members (excludes halogenated alkanes) is 37. The normalized spacial score (nSPS) is 13.6. The van der Waals surface area contributed by atoms with Crippen molar-refractivity contribution >= 4 is 19.8 Å². The van der Waals surface area contributed by atoms with Gasteiger partial charge in [0.25, 0.3) is 7.82 Å². The van der Waals surface area contributed by atoms with Crippen molar-refractivity contribution in [2.45, 2.75) is 328 Å². The summed E-state index contributed by atoms with van der Waals surface area (Å²) >= 11 is 0. The second-order valence-corrected chi connectivity index (χ2v) is 26.3. The summed E-state index contributed by atoms with van der Waals surface area (Å²) < 4.78 is 34.3. The largest absolute Gasteiger partial charge is 0.756 e. The standard InChI is InChI=1S/C74H134NO8P/c1-6-8-10-12-14-16-18-20-22-24-26-28-29-30-31-32-33-34-35-36-37-38-39-40-41-42-43-44-45-47-49-51-53-55-57-59-61-63-65-67-74(77)83-72(71-82-84(78,79)81-69-68-75(3,4)5)70-80-73(76)66-64-62-60-58-56-54-52-50-48-46-27-25-23-21-19-17-15-13-11-9-7-2/h8,10,14,16,19-22,25-28,48,50,72H,6-7,9,11-13,15,17-18,23-24,29-47,49,51-71H2,1-5H3/b10-8-,16-14-,21-19-,22-20-,27-25-,28-26-,50-48-. The fourth-order valence-corrected chi connectivity index (χ4v) is 10.7. The number of rotatable bonds is 65. The quantitative estimate of drug-likeness (QED) is 0.0195. The highest BCUT2D eigenvalue weighted by molar-refractivity contribution is 7.45. The second-order valence-electron chi connectivity index (χ2n) is 24.9. The molecule has 0 radical (unpaired) electrons.